The van der Waals surface area contributed by atoms with E-state index in [1.807, 2.05) is 41.4 Å². The second-order valence-electron chi connectivity index (χ2n) is 9.94. The van der Waals surface area contributed by atoms with Crippen LogP contribution in [0.1, 0.15) is 65.3 Å². The van der Waals surface area contributed by atoms with Crippen LogP contribution in [-0.4, -0.2) is 38.8 Å². The van der Waals surface area contributed by atoms with Gasteiger partial charge in [0.15, 0.2) is 0 Å². The van der Waals surface area contributed by atoms with E-state index in [4.69, 9.17) is 0 Å². The molecule has 0 spiro atoms. The highest BCUT2D eigenvalue weighted by atomic mass is 16.2. The van der Waals surface area contributed by atoms with Gasteiger partial charge in [0.05, 0.1) is 5.56 Å². The molecule has 5 nitrogen and oxygen atoms in total. The van der Waals surface area contributed by atoms with Crippen molar-refractivity contribution in [2.45, 2.75) is 52.2 Å². The van der Waals surface area contributed by atoms with Crippen molar-refractivity contribution in [1.82, 2.24) is 19.8 Å². The maximum atomic E-state index is 14.2. The predicted octanol–water partition coefficient (Wildman–Crippen LogP) is 6.12. The first kappa shape index (κ1) is 23.3. The van der Waals surface area contributed by atoms with Crippen molar-refractivity contribution in [3.8, 4) is 0 Å². The largest absolute Gasteiger partial charge is 0.357 e. The molecule has 1 fully saturated rings. The molecule has 2 aromatic carbocycles. The summed E-state index contributed by atoms with van der Waals surface area (Å²) in [7, 11) is 0. The Morgan fingerprint density at radius 2 is 1.71 bits per heavy atom. The minimum absolute atomic E-state index is 0.0555. The number of nitrogens with zero attached hydrogens (tertiary/aromatic N) is 3. The molecular weight excluding hydrogens is 432 g/mol. The lowest BCUT2D eigenvalue weighted by Crippen LogP contribution is -2.31. The molecule has 1 N–H and O–H groups in total. The van der Waals surface area contributed by atoms with Gasteiger partial charge in [-0.15, -0.1) is 0 Å². The molecule has 35 heavy (non-hydrogen) atoms. The van der Waals surface area contributed by atoms with Crippen LogP contribution in [0, 0.1) is 0 Å². The second-order valence-corrected chi connectivity index (χ2v) is 9.94. The number of aromatic nitrogens is 2. The number of likely N-dealkylation sites (tertiary alicyclic amines) is 1. The van der Waals surface area contributed by atoms with E-state index < -0.39 is 0 Å². The fourth-order valence-corrected chi connectivity index (χ4v) is 5.10. The van der Waals surface area contributed by atoms with Gasteiger partial charge >= 0.3 is 0 Å². The molecule has 5 rings (SSSR count). The number of H-pyrrole nitrogens is 1. The summed E-state index contributed by atoms with van der Waals surface area (Å²) in [5, 5.41) is 1.01. The highest BCUT2D eigenvalue weighted by Crippen LogP contribution is 2.31. The smallest absolute Gasteiger partial charge is 0.256 e. The van der Waals surface area contributed by atoms with Crippen LogP contribution in [-0.2, 0) is 19.6 Å². The molecule has 3 heterocycles. The summed E-state index contributed by atoms with van der Waals surface area (Å²) < 4.78 is 0. The van der Waals surface area contributed by atoms with Crippen molar-refractivity contribution in [3.63, 3.8) is 0 Å². The summed E-state index contributed by atoms with van der Waals surface area (Å²) in [4.78, 5) is 26.5. The number of amides is 1. The van der Waals surface area contributed by atoms with Gasteiger partial charge in [0.25, 0.3) is 5.91 Å². The Hall–Kier alpha value is -3.44. The summed E-state index contributed by atoms with van der Waals surface area (Å²) in [6, 6.07) is 20.7. The molecule has 5 heteroatoms. The van der Waals surface area contributed by atoms with E-state index in [1.165, 1.54) is 31.5 Å². The highest BCUT2D eigenvalue weighted by Gasteiger charge is 2.26. The van der Waals surface area contributed by atoms with Gasteiger partial charge in [0.1, 0.15) is 0 Å². The van der Waals surface area contributed by atoms with Crippen molar-refractivity contribution in [2.75, 3.05) is 13.1 Å². The number of hydrogen-bond donors (Lipinski definition) is 1. The van der Waals surface area contributed by atoms with Gasteiger partial charge in [-0.25, -0.2) is 0 Å². The average Bonchev–Trinajstić information content (AvgIpc) is 3.52. The average molecular weight is 467 g/mol. The lowest BCUT2D eigenvalue weighted by atomic mass is 10.0. The van der Waals surface area contributed by atoms with E-state index in [2.05, 4.69) is 59.0 Å². The molecule has 2 aromatic heterocycles. The zero-order valence-electron chi connectivity index (χ0n) is 20.7. The van der Waals surface area contributed by atoms with Gasteiger partial charge in [-0.2, -0.15) is 0 Å². The summed E-state index contributed by atoms with van der Waals surface area (Å²) >= 11 is 0. The minimum Gasteiger partial charge on any atom is -0.357 e. The van der Waals surface area contributed by atoms with E-state index >= 15 is 0 Å². The Kier molecular flexibility index (Phi) is 6.96. The number of benzene rings is 2. The molecule has 1 aliphatic rings. The van der Waals surface area contributed by atoms with Crippen molar-refractivity contribution >= 4 is 16.8 Å². The summed E-state index contributed by atoms with van der Waals surface area (Å²) in [6.45, 7) is 8.67. The van der Waals surface area contributed by atoms with Gasteiger partial charge in [-0.1, -0.05) is 62.4 Å². The molecule has 180 valence electrons. The Labute approximate surface area is 207 Å². The Bertz CT molecular complexity index is 1230. The second kappa shape index (κ2) is 10.4. The monoisotopic (exact) mass is 466 g/mol. The van der Waals surface area contributed by atoms with E-state index in [-0.39, 0.29) is 11.8 Å². The third-order valence-electron chi connectivity index (χ3n) is 6.89. The van der Waals surface area contributed by atoms with E-state index in [0.29, 0.717) is 13.1 Å². The molecule has 0 bridgehead atoms. The zero-order chi connectivity index (χ0) is 24.2. The topological polar surface area (TPSA) is 52.2 Å². The quantitative estimate of drug-likeness (QED) is 0.340. The molecule has 0 saturated carbocycles. The van der Waals surface area contributed by atoms with Crippen LogP contribution in [0.25, 0.3) is 10.9 Å². The zero-order valence-corrected chi connectivity index (χ0v) is 20.7. The summed E-state index contributed by atoms with van der Waals surface area (Å²) in [5.41, 5.74) is 6.29. The third kappa shape index (κ3) is 5.30. The maximum absolute atomic E-state index is 14.2. The molecule has 1 amide bonds. The number of nitrogens with one attached hydrogen (secondary N) is 1. The third-order valence-corrected chi connectivity index (χ3v) is 6.89. The van der Waals surface area contributed by atoms with Crippen molar-refractivity contribution in [2.24, 2.45) is 0 Å². The maximum Gasteiger partial charge on any atom is 0.256 e. The standard InChI is InChI=1S/C30H34N4O/c1-22(2)29-28(26-13-12-24(17-27(26)32-29)19-33-15-6-7-16-33)30(35)34(20-23-9-4-3-5-10-23)21-25-11-8-14-31-18-25/h3-5,8-14,17-18,22,32H,6-7,15-16,19-21H2,1-2H3. The molecule has 0 unspecified atom stereocenters. The molecule has 0 aliphatic carbocycles. The number of rotatable bonds is 8. The first-order valence-corrected chi connectivity index (χ1v) is 12.7. The predicted molar refractivity (Wildman–Crippen MR) is 141 cm³/mol. The minimum atomic E-state index is 0.0555. The first-order chi connectivity index (χ1) is 17.1. The van der Waals surface area contributed by atoms with Crippen LogP contribution in [0.15, 0.2) is 73.1 Å². The van der Waals surface area contributed by atoms with Gasteiger partial charge in [-0.05, 0) is 60.7 Å². The Morgan fingerprint density at radius 3 is 2.43 bits per heavy atom. The van der Waals surface area contributed by atoms with Crippen LogP contribution in [0.4, 0.5) is 0 Å². The molecule has 0 atom stereocenters. The van der Waals surface area contributed by atoms with Crippen LogP contribution < -0.4 is 0 Å². The van der Waals surface area contributed by atoms with Gasteiger partial charge < -0.3 is 9.88 Å². The molecule has 1 aliphatic heterocycles. The molecule has 0 radical (unpaired) electrons. The number of aromatic amines is 1. The lowest BCUT2D eigenvalue weighted by Gasteiger charge is -2.24. The van der Waals surface area contributed by atoms with Crippen molar-refractivity contribution < 1.29 is 4.79 Å². The van der Waals surface area contributed by atoms with Crippen LogP contribution in [0.5, 0.6) is 0 Å². The lowest BCUT2D eigenvalue weighted by molar-refractivity contribution is 0.0730. The van der Waals surface area contributed by atoms with Crippen LogP contribution in [0.3, 0.4) is 0 Å². The molecule has 4 aromatic rings. The molecular formula is C30H34N4O. The van der Waals surface area contributed by atoms with E-state index in [9.17, 15) is 4.79 Å². The van der Waals surface area contributed by atoms with Crippen molar-refractivity contribution in [3.05, 3.63) is 101 Å². The summed E-state index contributed by atoms with van der Waals surface area (Å²) in [6.07, 6.45) is 6.18. The number of carbonyl (C=O) groups is 1. The fourth-order valence-electron chi connectivity index (χ4n) is 5.10. The SMILES string of the molecule is CC(C)c1[nH]c2cc(CN3CCCC3)ccc2c1C(=O)N(Cc1ccccc1)Cc1cccnc1. The van der Waals surface area contributed by atoms with Gasteiger partial charge in [-0.3, -0.25) is 14.7 Å². The fraction of sp³-hybridized carbons (Fsp3) is 0.333. The van der Waals surface area contributed by atoms with Crippen LogP contribution in [0.2, 0.25) is 0 Å². The highest BCUT2D eigenvalue weighted by molar-refractivity contribution is 6.08. The van der Waals surface area contributed by atoms with Gasteiger partial charge in [0, 0.05) is 48.6 Å². The molecule has 1 saturated heterocycles. The van der Waals surface area contributed by atoms with E-state index in [1.54, 1.807) is 6.20 Å². The normalized spacial score (nSPS) is 14.1. The number of hydrogen-bond acceptors (Lipinski definition) is 3. The number of pyridine rings is 1. The number of carbonyl (C=O) groups excluding carboxylic acids is 1. The van der Waals surface area contributed by atoms with Gasteiger partial charge in [0.2, 0.25) is 0 Å². The Morgan fingerprint density at radius 1 is 0.971 bits per heavy atom. The summed E-state index contributed by atoms with van der Waals surface area (Å²) in [5.74, 6) is 0.264. The van der Waals surface area contributed by atoms with Crippen molar-refractivity contribution in [1.29, 1.82) is 0 Å². The van der Waals surface area contributed by atoms with Crippen LogP contribution >= 0.6 is 0 Å². The Balaban J connectivity index is 1.51. The van der Waals surface area contributed by atoms with E-state index in [0.717, 1.165) is 39.8 Å². The number of fused-ring (bicyclic) bond motifs is 1. The first-order valence-electron chi connectivity index (χ1n) is 12.7.